The molecule has 5 heteroatoms. The van der Waals surface area contributed by atoms with Crippen LogP contribution in [0, 0.1) is 0 Å². The highest BCUT2D eigenvalue weighted by Gasteiger charge is 2.52. The molecule has 0 unspecified atom stereocenters. The normalized spacial score (nSPS) is 17.0. The van der Waals surface area contributed by atoms with Crippen LogP contribution in [0.25, 0.3) is 44.5 Å². The molecule has 0 saturated carbocycles. The molecule has 168 valence electrons. The van der Waals surface area contributed by atoms with E-state index in [2.05, 4.69) is 76.2 Å². The van der Waals surface area contributed by atoms with Crippen LogP contribution in [0.2, 0.25) is 0 Å². The molecule has 1 fully saturated rings. The van der Waals surface area contributed by atoms with Gasteiger partial charge in [-0.3, -0.25) is 0 Å². The molecule has 0 amide bonds. The van der Waals surface area contributed by atoms with Gasteiger partial charge < -0.3 is 13.7 Å². The van der Waals surface area contributed by atoms with Crippen molar-refractivity contribution >= 4 is 34.5 Å². The number of benzene rings is 4. The highest BCUT2D eigenvalue weighted by Crippen LogP contribution is 2.38. The van der Waals surface area contributed by atoms with Crippen LogP contribution in [0.4, 0.5) is 0 Å². The van der Waals surface area contributed by atoms with Crippen molar-refractivity contribution < 1.29 is 13.7 Å². The molecule has 5 aromatic rings. The average molecular weight is 447 g/mol. The average Bonchev–Trinajstić information content (AvgIpc) is 3.37. The second kappa shape index (κ2) is 7.56. The fourth-order valence-electron chi connectivity index (χ4n) is 4.50. The first kappa shape index (κ1) is 21.1. The van der Waals surface area contributed by atoms with E-state index in [0.717, 1.165) is 44.0 Å². The van der Waals surface area contributed by atoms with Crippen molar-refractivity contribution in [1.29, 1.82) is 0 Å². The predicted octanol–water partition coefficient (Wildman–Crippen LogP) is 6.61. The highest BCUT2D eigenvalue weighted by molar-refractivity contribution is 6.64. The second-order valence-electron chi connectivity index (χ2n) is 9.91. The Bertz CT molecular complexity index is 1510. The van der Waals surface area contributed by atoms with Crippen molar-refractivity contribution in [3.05, 3.63) is 84.9 Å². The Kier molecular flexibility index (Phi) is 4.70. The van der Waals surface area contributed by atoms with Crippen molar-refractivity contribution in [1.82, 2.24) is 4.98 Å². The third kappa shape index (κ3) is 3.35. The summed E-state index contributed by atoms with van der Waals surface area (Å²) < 4.78 is 19.3. The number of oxazole rings is 1. The van der Waals surface area contributed by atoms with Gasteiger partial charge in [-0.25, -0.2) is 4.98 Å². The van der Waals surface area contributed by atoms with Crippen molar-refractivity contribution in [2.24, 2.45) is 0 Å². The molecule has 4 aromatic carbocycles. The zero-order valence-corrected chi connectivity index (χ0v) is 19.8. The smallest absolute Gasteiger partial charge is 0.435 e. The Morgan fingerprint density at radius 1 is 0.706 bits per heavy atom. The number of hydrogen-bond donors (Lipinski definition) is 0. The minimum atomic E-state index is -0.532. The molecule has 1 saturated heterocycles. The Morgan fingerprint density at radius 2 is 1.41 bits per heavy atom. The molecule has 2 heterocycles. The lowest BCUT2D eigenvalue weighted by atomic mass is 9.74. The van der Waals surface area contributed by atoms with Gasteiger partial charge in [0.25, 0.3) is 0 Å². The maximum absolute atomic E-state index is 6.46. The zero-order chi connectivity index (χ0) is 23.5. The Hall–Kier alpha value is -3.41. The van der Waals surface area contributed by atoms with Gasteiger partial charge in [-0.15, -0.1) is 0 Å². The van der Waals surface area contributed by atoms with Crippen LogP contribution in [0.1, 0.15) is 27.7 Å². The number of fused-ring (bicyclic) bond motifs is 3. The zero-order valence-electron chi connectivity index (χ0n) is 19.8. The van der Waals surface area contributed by atoms with Crippen molar-refractivity contribution in [2.75, 3.05) is 0 Å². The Morgan fingerprint density at radius 3 is 2.18 bits per heavy atom. The summed E-state index contributed by atoms with van der Waals surface area (Å²) in [5, 5.41) is 2.18. The minimum absolute atomic E-state index is 0.449. The van der Waals surface area contributed by atoms with Gasteiger partial charge in [0.1, 0.15) is 5.52 Å². The first-order valence-corrected chi connectivity index (χ1v) is 11.7. The van der Waals surface area contributed by atoms with Crippen LogP contribution in [-0.4, -0.2) is 23.3 Å². The largest absolute Gasteiger partial charge is 0.495 e. The maximum atomic E-state index is 6.46. The molecule has 1 aliphatic rings. The van der Waals surface area contributed by atoms with E-state index in [1.807, 2.05) is 36.4 Å². The lowest BCUT2D eigenvalue weighted by Gasteiger charge is -2.32. The Labute approximate surface area is 199 Å². The fourth-order valence-corrected chi connectivity index (χ4v) is 4.50. The van der Waals surface area contributed by atoms with Crippen LogP contribution in [0.5, 0.6) is 0 Å². The molecule has 0 N–H and O–H groups in total. The van der Waals surface area contributed by atoms with Gasteiger partial charge in [0.05, 0.1) is 11.2 Å². The molecular weight excluding hydrogens is 421 g/mol. The monoisotopic (exact) mass is 447 g/mol. The Balaban J connectivity index is 1.54. The van der Waals surface area contributed by atoms with Gasteiger partial charge >= 0.3 is 7.12 Å². The number of rotatable bonds is 3. The van der Waals surface area contributed by atoms with E-state index in [1.54, 1.807) is 0 Å². The van der Waals surface area contributed by atoms with Crippen molar-refractivity contribution in [3.8, 4) is 22.6 Å². The van der Waals surface area contributed by atoms with Gasteiger partial charge in [-0.05, 0) is 61.8 Å². The summed E-state index contributed by atoms with van der Waals surface area (Å²) >= 11 is 0. The standard InChI is InChI=1S/C29H26BNO3/c1-28(2)29(3,4)34-30(33-28)24-18-21(19-10-6-5-7-11-19)14-16-23(24)27-31-25-17-15-20-12-8-9-13-22(20)26(25)32-27/h5-18H,1-4H3. The predicted molar refractivity (Wildman–Crippen MR) is 138 cm³/mol. The summed E-state index contributed by atoms with van der Waals surface area (Å²) in [6, 6.07) is 28.9. The maximum Gasteiger partial charge on any atom is 0.495 e. The quantitative estimate of drug-likeness (QED) is 0.292. The molecule has 0 spiro atoms. The second-order valence-corrected chi connectivity index (χ2v) is 9.91. The van der Waals surface area contributed by atoms with E-state index in [1.165, 1.54) is 0 Å². The van der Waals surface area contributed by atoms with E-state index in [0.29, 0.717) is 5.89 Å². The third-order valence-electron chi connectivity index (χ3n) is 7.18. The van der Waals surface area contributed by atoms with Crippen LogP contribution >= 0.6 is 0 Å². The molecule has 0 atom stereocenters. The van der Waals surface area contributed by atoms with Gasteiger partial charge in [0.15, 0.2) is 5.58 Å². The van der Waals surface area contributed by atoms with Crippen LogP contribution in [0.3, 0.4) is 0 Å². The summed E-state index contributed by atoms with van der Waals surface area (Å²) in [5.41, 5.74) is 4.74. The molecule has 6 rings (SSSR count). The molecular formula is C29H26BNO3. The van der Waals surface area contributed by atoms with Gasteiger partial charge in [-0.2, -0.15) is 0 Å². The summed E-state index contributed by atoms with van der Waals surface area (Å²) in [6.45, 7) is 8.27. The van der Waals surface area contributed by atoms with Gasteiger partial charge in [0, 0.05) is 10.9 Å². The summed E-state index contributed by atoms with van der Waals surface area (Å²) in [5.74, 6) is 0.565. The van der Waals surface area contributed by atoms with Crippen LogP contribution in [0.15, 0.2) is 89.3 Å². The fraction of sp³-hybridized carbons (Fsp3) is 0.207. The first-order chi connectivity index (χ1) is 16.3. The van der Waals surface area contributed by atoms with Crippen molar-refractivity contribution in [3.63, 3.8) is 0 Å². The molecule has 1 aromatic heterocycles. The van der Waals surface area contributed by atoms with Crippen LogP contribution < -0.4 is 5.46 Å². The lowest BCUT2D eigenvalue weighted by Crippen LogP contribution is -2.41. The van der Waals surface area contributed by atoms with E-state index in [9.17, 15) is 0 Å². The third-order valence-corrected chi connectivity index (χ3v) is 7.18. The summed E-state index contributed by atoms with van der Waals surface area (Å²) in [6.07, 6.45) is 0. The number of nitrogens with zero attached hydrogens (tertiary/aromatic N) is 1. The van der Waals surface area contributed by atoms with E-state index in [4.69, 9.17) is 18.7 Å². The lowest BCUT2D eigenvalue weighted by molar-refractivity contribution is 0.00578. The molecule has 34 heavy (non-hydrogen) atoms. The number of hydrogen-bond acceptors (Lipinski definition) is 4. The van der Waals surface area contributed by atoms with E-state index >= 15 is 0 Å². The number of aromatic nitrogens is 1. The molecule has 0 aliphatic carbocycles. The van der Waals surface area contributed by atoms with E-state index < -0.39 is 18.3 Å². The summed E-state index contributed by atoms with van der Waals surface area (Å²) in [4.78, 5) is 4.86. The van der Waals surface area contributed by atoms with E-state index in [-0.39, 0.29) is 0 Å². The molecule has 0 radical (unpaired) electrons. The minimum Gasteiger partial charge on any atom is -0.435 e. The SMILES string of the molecule is CC1(C)OB(c2cc(-c3ccccc3)ccc2-c2nc3ccc4ccccc4c3o2)OC1(C)C. The van der Waals surface area contributed by atoms with Gasteiger partial charge in [-0.1, -0.05) is 72.8 Å². The summed E-state index contributed by atoms with van der Waals surface area (Å²) in [7, 11) is -0.532. The van der Waals surface area contributed by atoms with Crippen molar-refractivity contribution in [2.45, 2.75) is 38.9 Å². The topological polar surface area (TPSA) is 44.5 Å². The van der Waals surface area contributed by atoms with Gasteiger partial charge in [0.2, 0.25) is 5.89 Å². The molecule has 4 nitrogen and oxygen atoms in total. The highest BCUT2D eigenvalue weighted by atomic mass is 16.7. The molecule has 0 bridgehead atoms. The first-order valence-electron chi connectivity index (χ1n) is 11.7. The molecule has 1 aliphatic heterocycles. The van der Waals surface area contributed by atoms with Crippen LogP contribution in [-0.2, 0) is 9.31 Å².